The van der Waals surface area contributed by atoms with Gasteiger partial charge in [-0.3, -0.25) is 19.4 Å². The minimum absolute atomic E-state index is 0.0149. The van der Waals surface area contributed by atoms with Crippen LogP contribution in [-0.2, 0) is 21.2 Å². The summed E-state index contributed by atoms with van der Waals surface area (Å²) in [5.41, 5.74) is 0.695. The largest absolute Gasteiger partial charge is 0.325 e. The Balaban J connectivity index is 1.22. The Morgan fingerprint density at radius 1 is 0.955 bits per heavy atom. The third kappa shape index (κ3) is 5.67. The van der Waals surface area contributed by atoms with E-state index in [0.29, 0.717) is 44.6 Å². The molecule has 0 aromatic heterocycles. The van der Waals surface area contributed by atoms with E-state index in [0.717, 1.165) is 11.8 Å². The highest BCUT2D eigenvalue weighted by atomic mass is 32.2. The third-order valence-corrected chi connectivity index (χ3v) is 10.4. The first-order chi connectivity index (χ1) is 21.1. The summed E-state index contributed by atoms with van der Waals surface area (Å²) in [4.78, 5) is 44.2. The van der Waals surface area contributed by atoms with Crippen molar-refractivity contribution in [2.24, 2.45) is 5.92 Å². The van der Waals surface area contributed by atoms with Gasteiger partial charge in [0.2, 0.25) is 0 Å². The Morgan fingerprint density at radius 2 is 1.61 bits per heavy atom. The highest BCUT2D eigenvalue weighted by Crippen LogP contribution is 2.38. The van der Waals surface area contributed by atoms with Crippen molar-refractivity contribution in [2.75, 3.05) is 32.4 Å². The van der Waals surface area contributed by atoms with Gasteiger partial charge < -0.3 is 10.6 Å². The number of ketones is 1. The number of benzene rings is 3. The highest BCUT2D eigenvalue weighted by Gasteiger charge is 2.54. The van der Waals surface area contributed by atoms with Crippen LogP contribution >= 0.6 is 0 Å². The van der Waals surface area contributed by atoms with Crippen LogP contribution in [-0.4, -0.2) is 80.0 Å². The number of hydrogen-bond acceptors (Lipinski definition) is 7. The van der Waals surface area contributed by atoms with Gasteiger partial charge in [0, 0.05) is 44.3 Å². The number of nitrogens with zero attached hydrogens (tertiary/aromatic N) is 2. The van der Waals surface area contributed by atoms with E-state index >= 15 is 0 Å². The van der Waals surface area contributed by atoms with Gasteiger partial charge in [0.1, 0.15) is 11.4 Å². The van der Waals surface area contributed by atoms with Crippen LogP contribution in [0.4, 0.5) is 9.18 Å². The molecule has 230 valence electrons. The van der Waals surface area contributed by atoms with Gasteiger partial charge in [-0.15, -0.1) is 0 Å². The standard InChI is InChI=1S/C33H35FN4O5S/c1-44(42,43)24-13-11-22(12-14-24)21-38-31(40)33(36-32(38)41)15-17-37(18-16-33)29(30(39)25-9-5-6-10-28(25)34)27-20-35-19-26(27)23-7-3-2-4-8-23/h2-14,26-27,29,35H,15-21H2,1H3,(H,36,41)/t26-,27-,29?/m1/s1. The molecule has 3 saturated heterocycles. The molecular formula is C33H35FN4O5S. The lowest BCUT2D eigenvalue weighted by atomic mass is 9.78. The van der Waals surface area contributed by atoms with E-state index in [2.05, 4.69) is 27.7 Å². The van der Waals surface area contributed by atoms with Crippen LogP contribution in [0.5, 0.6) is 0 Å². The van der Waals surface area contributed by atoms with E-state index in [-0.39, 0.29) is 40.5 Å². The molecule has 3 heterocycles. The summed E-state index contributed by atoms with van der Waals surface area (Å²) in [6, 6.07) is 21.1. The number of sulfone groups is 1. The number of likely N-dealkylation sites (tertiary alicyclic amines) is 1. The highest BCUT2D eigenvalue weighted by molar-refractivity contribution is 7.90. The van der Waals surface area contributed by atoms with Crippen LogP contribution in [0.1, 0.15) is 40.2 Å². The molecule has 3 aromatic rings. The van der Waals surface area contributed by atoms with Crippen molar-refractivity contribution in [3.63, 3.8) is 0 Å². The van der Waals surface area contributed by atoms with Crippen molar-refractivity contribution in [1.82, 2.24) is 20.4 Å². The van der Waals surface area contributed by atoms with Gasteiger partial charge in [0.25, 0.3) is 5.91 Å². The molecule has 3 fully saturated rings. The monoisotopic (exact) mass is 618 g/mol. The summed E-state index contributed by atoms with van der Waals surface area (Å²) in [6.07, 6.45) is 1.73. The van der Waals surface area contributed by atoms with Crippen LogP contribution < -0.4 is 10.6 Å². The summed E-state index contributed by atoms with van der Waals surface area (Å²) >= 11 is 0. The van der Waals surface area contributed by atoms with Gasteiger partial charge in [-0.1, -0.05) is 54.6 Å². The molecule has 9 nitrogen and oxygen atoms in total. The summed E-state index contributed by atoms with van der Waals surface area (Å²) < 4.78 is 38.5. The Labute approximate surface area is 256 Å². The van der Waals surface area contributed by atoms with E-state index in [4.69, 9.17) is 0 Å². The number of carbonyl (C=O) groups excluding carboxylic acids is 3. The number of hydrogen-bond donors (Lipinski definition) is 2. The molecule has 0 bridgehead atoms. The van der Waals surface area contributed by atoms with Crippen molar-refractivity contribution < 1.29 is 27.2 Å². The zero-order valence-electron chi connectivity index (χ0n) is 24.4. The molecule has 1 unspecified atom stereocenters. The predicted octanol–water partition coefficient (Wildman–Crippen LogP) is 3.37. The molecule has 3 aliphatic heterocycles. The molecule has 1 spiro atoms. The lowest BCUT2D eigenvalue weighted by Crippen LogP contribution is -2.59. The summed E-state index contributed by atoms with van der Waals surface area (Å²) in [5, 5.41) is 6.36. The zero-order chi connectivity index (χ0) is 31.1. The smallest absolute Gasteiger partial charge is 0.323 e. The molecule has 3 atom stereocenters. The second kappa shape index (κ2) is 11.9. The summed E-state index contributed by atoms with van der Waals surface area (Å²) in [5.74, 6) is -1.26. The number of carbonyl (C=O) groups is 3. The fraction of sp³-hybridized carbons (Fsp3) is 0.364. The minimum Gasteiger partial charge on any atom is -0.323 e. The molecule has 2 N–H and O–H groups in total. The van der Waals surface area contributed by atoms with Crippen molar-refractivity contribution in [3.05, 3.63) is 101 Å². The Hall–Kier alpha value is -3.93. The van der Waals surface area contributed by atoms with Crippen molar-refractivity contribution in [3.8, 4) is 0 Å². The molecule has 11 heteroatoms. The Bertz CT molecular complexity index is 1670. The Morgan fingerprint density at radius 3 is 2.27 bits per heavy atom. The molecule has 0 saturated carbocycles. The number of piperidine rings is 1. The lowest BCUT2D eigenvalue weighted by molar-refractivity contribution is -0.133. The van der Waals surface area contributed by atoms with Crippen LogP contribution in [0.25, 0.3) is 0 Å². The molecule has 0 radical (unpaired) electrons. The topological polar surface area (TPSA) is 116 Å². The van der Waals surface area contributed by atoms with Gasteiger partial charge in [-0.2, -0.15) is 0 Å². The number of halogens is 1. The van der Waals surface area contributed by atoms with Crippen LogP contribution in [0.15, 0.2) is 83.8 Å². The second-order valence-electron chi connectivity index (χ2n) is 12.0. The van der Waals surface area contributed by atoms with Gasteiger partial charge >= 0.3 is 6.03 Å². The van der Waals surface area contributed by atoms with Crippen molar-refractivity contribution in [2.45, 2.75) is 41.8 Å². The lowest BCUT2D eigenvalue weighted by Gasteiger charge is -2.43. The van der Waals surface area contributed by atoms with Crippen LogP contribution in [0.2, 0.25) is 0 Å². The number of nitrogens with one attached hydrogen (secondary N) is 2. The number of imide groups is 1. The van der Waals surface area contributed by atoms with E-state index in [1.807, 2.05) is 18.2 Å². The maximum atomic E-state index is 14.9. The average molecular weight is 619 g/mol. The van der Waals surface area contributed by atoms with Gasteiger partial charge in [0.05, 0.1) is 23.0 Å². The zero-order valence-corrected chi connectivity index (χ0v) is 25.2. The number of Topliss-reactive ketones (excluding diaryl/α,β-unsaturated/α-hetero) is 1. The molecule has 3 aliphatic rings. The molecule has 3 aromatic carbocycles. The average Bonchev–Trinajstić information content (AvgIpc) is 3.58. The van der Waals surface area contributed by atoms with E-state index in [1.165, 1.54) is 29.2 Å². The summed E-state index contributed by atoms with van der Waals surface area (Å²) in [6.45, 7) is 2.04. The summed E-state index contributed by atoms with van der Waals surface area (Å²) in [7, 11) is -3.37. The van der Waals surface area contributed by atoms with Gasteiger partial charge in [-0.05, 0) is 48.2 Å². The van der Waals surface area contributed by atoms with Crippen LogP contribution in [0.3, 0.4) is 0 Å². The van der Waals surface area contributed by atoms with Crippen LogP contribution in [0, 0.1) is 11.7 Å². The fourth-order valence-electron chi connectivity index (χ4n) is 6.91. The second-order valence-corrected chi connectivity index (χ2v) is 14.0. The third-order valence-electron chi connectivity index (χ3n) is 9.29. The predicted molar refractivity (Wildman–Crippen MR) is 162 cm³/mol. The van der Waals surface area contributed by atoms with E-state index in [1.54, 1.807) is 24.3 Å². The fourth-order valence-corrected chi connectivity index (χ4v) is 7.55. The molecular weight excluding hydrogens is 583 g/mol. The molecule has 6 rings (SSSR count). The number of rotatable bonds is 8. The normalized spacial score (nSPS) is 22.7. The first-order valence-electron chi connectivity index (χ1n) is 14.8. The molecule has 0 aliphatic carbocycles. The van der Waals surface area contributed by atoms with Gasteiger partial charge in [0.15, 0.2) is 15.6 Å². The SMILES string of the molecule is CS(=O)(=O)c1ccc(CN2C(=O)NC3(CCN(C(C(=O)c4ccccc4F)[C@@H]4CNC[C@@H]4c4ccccc4)CC3)C2=O)cc1. The first kappa shape index (κ1) is 30.1. The van der Waals surface area contributed by atoms with Crippen molar-refractivity contribution in [1.29, 1.82) is 0 Å². The maximum absolute atomic E-state index is 14.9. The van der Waals surface area contributed by atoms with E-state index < -0.39 is 33.3 Å². The Kier molecular flexibility index (Phi) is 8.12. The van der Waals surface area contributed by atoms with E-state index in [9.17, 15) is 27.2 Å². The van der Waals surface area contributed by atoms with Gasteiger partial charge in [-0.25, -0.2) is 17.6 Å². The quantitative estimate of drug-likeness (QED) is 0.294. The molecule has 3 amide bonds. The maximum Gasteiger partial charge on any atom is 0.325 e. The first-order valence-corrected chi connectivity index (χ1v) is 16.7. The number of urea groups is 1. The molecule has 44 heavy (non-hydrogen) atoms. The van der Waals surface area contributed by atoms with Crippen molar-refractivity contribution >= 4 is 27.6 Å². The number of amides is 3. The minimum atomic E-state index is -3.37.